The van der Waals surface area contributed by atoms with Crippen LogP contribution in [0.2, 0.25) is 0 Å². The Morgan fingerprint density at radius 1 is 1.00 bits per heavy atom. The Morgan fingerprint density at radius 2 is 1.57 bits per heavy atom. The zero-order chi connectivity index (χ0) is 20.7. The topological polar surface area (TPSA) is 102 Å². The number of carboxylic acid groups (broad SMARTS) is 1. The van der Waals surface area contributed by atoms with E-state index >= 15 is 0 Å². The first kappa shape index (κ1) is 20.8. The predicted molar refractivity (Wildman–Crippen MR) is 99.8 cm³/mol. The molecule has 28 heavy (non-hydrogen) atoms. The summed E-state index contributed by atoms with van der Waals surface area (Å²) in [5.41, 5.74) is 0.671. The van der Waals surface area contributed by atoms with Crippen LogP contribution < -0.4 is 9.47 Å². The molecule has 1 atom stereocenters. The van der Waals surface area contributed by atoms with Crippen LogP contribution in [-0.4, -0.2) is 55.7 Å². The van der Waals surface area contributed by atoms with Gasteiger partial charge in [0, 0.05) is 24.2 Å². The fourth-order valence-corrected chi connectivity index (χ4v) is 2.46. The van der Waals surface area contributed by atoms with Gasteiger partial charge in [0.25, 0.3) is 0 Å². The molecular formula is C20H21NO7. The number of likely N-dealkylation sites (N-methyl/N-ethyl adjacent to an activating group) is 1. The highest BCUT2D eigenvalue weighted by atomic mass is 16.6. The first-order valence-corrected chi connectivity index (χ1v) is 8.31. The number of benzene rings is 2. The van der Waals surface area contributed by atoms with Gasteiger partial charge >= 0.3 is 12.1 Å². The normalized spacial score (nSPS) is 11.2. The molecule has 1 N–H and O–H groups in total. The Kier molecular flexibility index (Phi) is 6.97. The van der Waals surface area contributed by atoms with E-state index in [0.717, 1.165) is 4.90 Å². The molecular weight excluding hydrogens is 366 g/mol. The lowest BCUT2D eigenvalue weighted by molar-refractivity contribution is -0.137. The number of hydrogen-bond donors (Lipinski definition) is 1. The zero-order valence-electron chi connectivity index (χ0n) is 15.7. The standard InChI is InChI=1S/C20H21NO7/c1-21(12-17(22)23)20(25)28-19(13-7-5-4-6-8-13)18(24)14-9-15(26-2)11-16(10-14)27-3/h4-11,19H,12H2,1-3H3,(H,22,23). The summed E-state index contributed by atoms with van der Waals surface area (Å²) >= 11 is 0. The molecule has 148 valence electrons. The quantitative estimate of drug-likeness (QED) is 0.695. The van der Waals surface area contributed by atoms with Crippen LogP contribution in [0, 0.1) is 0 Å². The van der Waals surface area contributed by atoms with Crippen LogP contribution in [0.3, 0.4) is 0 Å². The Morgan fingerprint density at radius 3 is 2.07 bits per heavy atom. The lowest BCUT2D eigenvalue weighted by atomic mass is 9.99. The van der Waals surface area contributed by atoms with Crippen molar-refractivity contribution in [2.45, 2.75) is 6.10 Å². The number of Topliss-reactive ketones (excluding diaryl/α,β-unsaturated/α-hetero) is 1. The second-order valence-corrected chi connectivity index (χ2v) is 5.89. The van der Waals surface area contributed by atoms with Gasteiger partial charge in [-0.05, 0) is 12.1 Å². The van der Waals surface area contributed by atoms with Gasteiger partial charge < -0.3 is 24.2 Å². The molecule has 2 rings (SSSR count). The van der Waals surface area contributed by atoms with E-state index in [4.69, 9.17) is 19.3 Å². The van der Waals surface area contributed by atoms with E-state index in [1.165, 1.54) is 33.4 Å². The van der Waals surface area contributed by atoms with Crippen molar-refractivity contribution in [2.75, 3.05) is 27.8 Å². The molecule has 8 heteroatoms. The van der Waals surface area contributed by atoms with Crippen LogP contribution in [-0.2, 0) is 9.53 Å². The Labute approximate surface area is 162 Å². The van der Waals surface area contributed by atoms with Gasteiger partial charge in [0.1, 0.15) is 18.0 Å². The summed E-state index contributed by atoms with van der Waals surface area (Å²) in [5, 5.41) is 8.84. The average Bonchev–Trinajstić information content (AvgIpc) is 2.70. The highest BCUT2D eigenvalue weighted by Crippen LogP contribution is 2.28. The molecule has 0 bridgehead atoms. The van der Waals surface area contributed by atoms with Crippen molar-refractivity contribution >= 4 is 17.8 Å². The number of ketones is 1. The third kappa shape index (κ3) is 5.23. The molecule has 2 aromatic carbocycles. The molecule has 0 aliphatic carbocycles. The van der Waals surface area contributed by atoms with Crippen molar-refractivity contribution in [3.8, 4) is 11.5 Å². The predicted octanol–water partition coefficient (Wildman–Crippen LogP) is 2.78. The minimum Gasteiger partial charge on any atom is -0.497 e. The summed E-state index contributed by atoms with van der Waals surface area (Å²) in [5.74, 6) is -0.882. The van der Waals surface area contributed by atoms with E-state index in [9.17, 15) is 14.4 Å². The van der Waals surface area contributed by atoms with E-state index in [1.54, 1.807) is 36.4 Å². The molecule has 0 aliphatic rings. The Hall–Kier alpha value is -3.55. The van der Waals surface area contributed by atoms with Crippen LogP contribution in [0.15, 0.2) is 48.5 Å². The van der Waals surface area contributed by atoms with Gasteiger partial charge in [0.05, 0.1) is 14.2 Å². The van der Waals surface area contributed by atoms with Crippen molar-refractivity contribution in [3.05, 3.63) is 59.7 Å². The smallest absolute Gasteiger partial charge is 0.411 e. The largest absolute Gasteiger partial charge is 0.497 e. The number of ether oxygens (including phenoxy) is 3. The number of rotatable bonds is 8. The van der Waals surface area contributed by atoms with E-state index in [2.05, 4.69) is 0 Å². The molecule has 0 aliphatic heterocycles. The number of hydrogen-bond acceptors (Lipinski definition) is 6. The van der Waals surface area contributed by atoms with E-state index < -0.39 is 30.5 Å². The number of methoxy groups -OCH3 is 2. The van der Waals surface area contributed by atoms with Crippen molar-refractivity contribution in [1.29, 1.82) is 0 Å². The van der Waals surface area contributed by atoms with Crippen molar-refractivity contribution in [2.24, 2.45) is 0 Å². The third-order valence-electron chi connectivity index (χ3n) is 3.88. The van der Waals surface area contributed by atoms with Crippen molar-refractivity contribution in [1.82, 2.24) is 4.90 Å². The van der Waals surface area contributed by atoms with E-state index in [-0.39, 0.29) is 5.56 Å². The molecule has 1 amide bonds. The number of carbonyl (C=O) groups excluding carboxylic acids is 2. The van der Waals surface area contributed by atoms with Crippen molar-refractivity contribution in [3.63, 3.8) is 0 Å². The maximum atomic E-state index is 13.1. The molecule has 1 unspecified atom stereocenters. The van der Waals surface area contributed by atoms with Gasteiger partial charge in [-0.25, -0.2) is 4.79 Å². The summed E-state index contributed by atoms with van der Waals surface area (Å²) < 4.78 is 15.7. The first-order chi connectivity index (χ1) is 13.3. The summed E-state index contributed by atoms with van der Waals surface area (Å²) in [7, 11) is 4.19. The summed E-state index contributed by atoms with van der Waals surface area (Å²) in [6.45, 7) is -0.554. The number of nitrogens with zero attached hydrogens (tertiary/aromatic N) is 1. The van der Waals surface area contributed by atoms with Gasteiger partial charge in [0.15, 0.2) is 6.10 Å². The van der Waals surface area contributed by atoms with Crippen LogP contribution in [0.25, 0.3) is 0 Å². The molecule has 0 fully saturated rings. The molecule has 0 saturated carbocycles. The minimum atomic E-state index is -1.26. The monoisotopic (exact) mass is 387 g/mol. The number of amides is 1. The van der Waals surface area contributed by atoms with Gasteiger partial charge in [0.2, 0.25) is 5.78 Å². The molecule has 0 radical (unpaired) electrons. The minimum absolute atomic E-state index is 0.221. The maximum Gasteiger partial charge on any atom is 0.411 e. The van der Waals surface area contributed by atoms with Gasteiger partial charge in [-0.3, -0.25) is 9.59 Å². The highest BCUT2D eigenvalue weighted by Gasteiger charge is 2.28. The average molecular weight is 387 g/mol. The second-order valence-electron chi connectivity index (χ2n) is 5.89. The number of carbonyl (C=O) groups is 3. The van der Waals surface area contributed by atoms with Crippen LogP contribution in [0.5, 0.6) is 11.5 Å². The molecule has 8 nitrogen and oxygen atoms in total. The van der Waals surface area contributed by atoms with Crippen LogP contribution >= 0.6 is 0 Å². The molecule has 0 heterocycles. The third-order valence-corrected chi connectivity index (χ3v) is 3.88. The van der Waals surface area contributed by atoms with Crippen LogP contribution in [0.1, 0.15) is 22.0 Å². The van der Waals surface area contributed by atoms with Crippen LogP contribution in [0.4, 0.5) is 4.79 Å². The van der Waals surface area contributed by atoms with Gasteiger partial charge in [-0.1, -0.05) is 30.3 Å². The fourth-order valence-electron chi connectivity index (χ4n) is 2.46. The first-order valence-electron chi connectivity index (χ1n) is 8.31. The van der Waals surface area contributed by atoms with Gasteiger partial charge in [-0.15, -0.1) is 0 Å². The number of carboxylic acids is 1. The SMILES string of the molecule is COc1cc(OC)cc(C(=O)C(OC(=O)N(C)CC(=O)O)c2ccccc2)c1. The highest BCUT2D eigenvalue weighted by molar-refractivity contribution is 6.01. The molecule has 0 saturated heterocycles. The van der Waals surface area contributed by atoms with Crippen molar-refractivity contribution < 1.29 is 33.7 Å². The lowest BCUT2D eigenvalue weighted by Gasteiger charge is -2.21. The summed E-state index contributed by atoms with van der Waals surface area (Å²) in [4.78, 5) is 37.1. The van der Waals surface area contributed by atoms with E-state index in [0.29, 0.717) is 17.1 Å². The Bertz CT molecular complexity index is 829. The van der Waals surface area contributed by atoms with E-state index in [1.807, 2.05) is 0 Å². The molecule has 2 aromatic rings. The fraction of sp³-hybridized carbons (Fsp3) is 0.250. The zero-order valence-corrected chi connectivity index (χ0v) is 15.7. The van der Waals surface area contributed by atoms with Gasteiger partial charge in [-0.2, -0.15) is 0 Å². The molecule has 0 aromatic heterocycles. The summed E-state index contributed by atoms with van der Waals surface area (Å²) in [6.07, 6.45) is -2.19. The molecule has 0 spiro atoms. The summed E-state index contributed by atoms with van der Waals surface area (Å²) in [6, 6.07) is 13.1. The number of aliphatic carboxylic acids is 1. The second kappa shape index (κ2) is 9.40. The maximum absolute atomic E-state index is 13.1. The lowest BCUT2D eigenvalue weighted by Crippen LogP contribution is -2.34. The Balaban J connectivity index is 2.38.